The zero-order valence-corrected chi connectivity index (χ0v) is 13.5. The summed E-state index contributed by atoms with van der Waals surface area (Å²) < 4.78 is 3.17. The first kappa shape index (κ1) is 14.2. The van der Waals surface area contributed by atoms with Gasteiger partial charge in [0.1, 0.15) is 0 Å². The van der Waals surface area contributed by atoms with Crippen molar-refractivity contribution in [3.8, 4) is 5.13 Å². The van der Waals surface area contributed by atoms with Crippen molar-refractivity contribution in [2.45, 2.75) is 33.7 Å². The van der Waals surface area contributed by atoms with E-state index in [2.05, 4.69) is 37.3 Å². The largest absolute Gasteiger partial charge is 0.313 e. The van der Waals surface area contributed by atoms with Gasteiger partial charge in [-0.05, 0) is 38.9 Å². The molecule has 0 atom stereocenters. The monoisotopic (exact) mass is 300 g/mol. The molecule has 0 spiro atoms. The van der Waals surface area contributed by atoms with Crippen molar-refractivity contribution in [1.29, 1.82) is 0 Å². The average Bonchev–Trinajstić information content (AvgIpc) is 3.02. The molecule has 0 aliphatic carbocycles. The Bertz CT molecular complexity index is 724. The van der Waals surface area contributed by atoms with Crippen LogP contribution in [0, 0.1) is 13.8 Å². The van der Waals surface area contributed by atoms with Gasteiger partial charge in [0.05, 0.1) is 15.9 Å². The highest BCUT2D eigenvalue weighted by atomic mass is 32.1. The number of hydrogen-bond acceptors (Lipinski definition) is 4. The van der Waals surface area contributed by atoms with Crippen molar-refractivity contribution in [3.05, 3.63) is 41.2 Å². The number of rotatable bonds is 5. The predicted octanol–water partition coefficient (Wildman–Crippen LogP) is 3.60. The Morgan fingerprint density at radius 1 is 1.24 bits per heavy atom. The van der Waals surface area contributed by atoms with Crippen molar-refractivity contribution >= 4 is 21.6 Å². The molecule has 3 rings (SSSR count). The molecule has 0 aliphatic heterocycles. The topological polar surface area (TPSA) is 42.7 Å². The van der Waals surface area contributed by atoms with Crippen LogP contribution in [0.5, 0.6) is 0 Å². The summed E-state index contributed by atoms with van der Waals surface area (Å²) in [4.78, 5) is 4.69. The second-order valence-corrected chi connectivity index (χ2v) is 6.21. The van der Waals surface area contributed by atoms with E-state index in [4.69, 9.17) is 4.98 Å². The summed E-state index contributed by atoms with van der Waals surface area (Å²) in [6.45, 7) is 8.27. The molecule has 21 heavy (non-hydrogen) atoms. The van der Waals surface area contributed by atoms with E-state index < -0.39 is 0 Å². The van der Waals surface area contributed by atoms with Crippen molar-refractivity contribution < 1.29 is 0 Å². The van der Waals surface area contributed by atoms with Gasteiger partial charge in [-0.2, -0.15) is 5.10 Å². The third-order valence-electron chi connectivity index (χ3n) is 3.63. The minimum atomic E-state index is 0.871. The number of benzene rings is 1. The molecule has 0 saturated carbocycles. The number of aromatic nitrogens is 3. The van der Waals surface area contributed by atoms with Crippen molar-refractivity contribution in [2.75, 3.05) is 6.54 Å². The van der Waals surface area contributed by atoms with Crippen LogP contribution < -0.4 is 5.32 Å². The van der Waals surface area contributed by atoms with E-state index in [1.807, 2.05) is 22.9 Å². The van der Waals surface area contributed by atoms with E-state index in [9.17, 15) is 0 Å². The van der Waals surface area contributed by atoms with E-state index in [1.54, 1.807) is 11.3 Å². The summed E-state index contributed by atoms with van der Waals surface area (Å²) in [5.74, 6) is 0. The van der Waals surface area contributed by atoms with Crippen molar-refractivity contribution in [3.63, 3.8) is 0 Å². The van der Waals surface area contributed by atoms with Gasteiger partial charge >= 0.3 is 0 Å². The first-order valence-corrected chi connectivity index (χ1v) is 8.14. The highest BCUT2D eigenvalue weighted by Crippen LogP contribution is 2.26. The maximum absolute atomic E-state index is 4.69. The number of nitrogens with zero attached hydrogens (tertiary/aromatic N) is 3. The molecule has 0 aliphatic rings. The lowest BCUT2D eigenvalue weighted by Crippen LogP contribution is -2.15. The number of hydrogen-bond donors (Lipinski definition) is 1. The van der Waals surface area contributed by atoms with Gasteiger partial charge in [0.2, 0.25) is 5.13 Å². The predicted molar refractivity (Wildman–Crippen MR) is 88.2 cm³/mol. The maximum atomic E-state index is 4.69. The molecule has 2 aromatic heterocycles. The van der Waals surface area contributed by atoms with Gasteiger partial charge in [0.25, 0.3) is 0 Å². The van der Waals surface area contributed by atoms with E-state index in [0.29, 0.717) is 0 Å². The van der Waals surface area contributed by atoms with Crippen LogP contribution in [0.3, 0.4) is 0 Å². The van der Waals surface area contributed by atoms with E-state index >= 15 is 0 Å². The standard InChI is InChI=1S/C16H20N4S/c1-4-9-17-10-13-11(2)19-20(12(13)3)16-18-14-7-5-6-8-15(14)21-16/h5-8,17H,4,9-10H2,1-3H3. The molecule has 2 heterocycles. The van der Waals surface area contributed by atoms with Crippen LogP contribution in [0.2, 0.25) is 0 Å². The van der Waals surface area contributed by atoms with Gasteiger partial charge in [0, 0.05) is 17.8 Å². The molecule has 5 heteroatoms. The zero-order chi connectivity index (χ0) is 14.8. The Morgan fingerprint density at radius 3 is 2.81 bits per heavy atom. The van der Waals surface area contributed by atoms with Crippen LogP contribution in [0.4, 0.5) is 0 Å². The normalized spacial score (nSPS) is 11.4. The van der Waals surface area contributed by atoms with Gasteiger partial charge in [-0.3, -0.25) is 0 Å². The number of para-hydroxylation sites is 1. The highest BCUT2D eigenvalue weighted by Gasteiger charge is 2.15. The quantitative estimate of drug-likeness (QED) is 0.732. The molecule has 0 amide bonds. The molecule has 0 bridgehead atoms. The van der Waals surface area contributed by atoms with Gasteiger partial charge < -0.3 is 5.32 Å². The van der Waals surface area contributed by atoms with Gasteiger partial charge in [-0.25, -0.2) is 9.67 Å². The van der Waals surface area contributed by atoms with Crippen LogP contribution in [-0.4, -0.2) is 21.3 Å². The lowest BCUT2D eigenvalue weighted by atomic mass is 10.2. The van der Waals surface area contributed by atoms with Crippen LogP contribution in [-0.2, 0) is 6.54 Å². The molecule has 0 saturated heterocycles. The summed E-state index contributed by atoms with van der Waals surface area (Å²) in [5.41, 5.74) is 4.57. The molecule has 110 valence electrons. The van der Waals surface area contributed by atoms with Crippen LogP contribution in [0.1, 0.15) is 30.3 Å². The summed E-state index contributed by atoms with van der Waals surface area (Å²) in [6.07, 6.45) is 1.14. The zero-order valence-electron chi connectivity index (χ0n) is 12.7. The summed E-state index contributed by atoms with van der Waals surface area (Å²) in [6, 6.07) is 8.22. The fourth-order valence-electron chi connectivity index (χ4n) is 2.46. The molecule has 0 radical (unpaired) electrons. The third kappa shape index (κ3) is 2.71. The minimum absolute atomic E-state index is 0.871. The Labute approximate surface area is 128 Å². The minimum Gasteiger partial charge on any atom is -0.313 e. The smallest absolute Gasteiger partial charge is 0.211 e. The first-order chi connectivity index (χ1) is 10.2. The Hall–Kier alpha value is -1.72. The fraction of sp³-hybridized carbons (Fsp3) is 0.375. The summed E-state index contributed by atoms with van der Waals surface area (Å²) in [7, 11) is 0. The number of nitrogens with one attached hydrogen (secondary N) is 1. The lowest BCUT2D eigenvalue weighted by molar-refractivity contribution is 0.670. The number of fused-ring (bicyclic) bond motifs is 1. The average molecular weight is 300 g/mol. The fourth-order valence-corrected chi connectivity index (χ4v) is 3.43. The molecular weight excluding hydrogens is 280 g/mol. The summed E-state index contributed by atoms with van der Waals surface area (Å²) >= 11 is 1.68. The Morgan fingerprint density at radius 2 is 2.05 bits per heavy atom. The lowest BCUT2D eigenvalue weighted by Gasteiger charge is -2.04. The van der Waals surface area contributed by atoms with Crippen LogP contribution >= 0.6 is 11.3 Å². The number of aryl methyl sites for hydroxylation is 1. The van der Waals surface area contributed by atoms with Crippen LogP contribution in [0.25, 0.3) is 15.3 Å². The summed E-state index contributed by atoms with van der Waals surface area (Å²) in [5, 5.41) is 9.08. The molecule has 0 unspecified atom stereocenters. The molecule has 4 nitrogen and oxygen atoms in total. The highest BCUT2D eigenvalue weighted by molar-refractivity contribution is 7.20. The molecule has 1 aromatic carbocycles. The van der Waals surface area contributed by atoms with Crippen molar-refractivity contribution in [2.24, 2.45) is 0 Å². The second-order valence-electron chi connectivity index (χ2n) is 5.20. The SMILES string of the molecule is CCCNCc1c(C)nn(-c2nc3ccccc3s2)c1C. The van der Waals surface area contributed by atoms with Gasteiger partial charge in [-0.1, -0.05) is 30.4 Å². The molecule has 3 aromatic rings. The third-order valence-corrected chi connectivity index (χ3v) is 4.65. The van der Waals surface area contributed by atoms with E-state index in [1.165, 1.54) is 16.0 Å². The van der Waals surface area contributed by atoms with Gasteiger partial charge in [-0.15, -0.1) is 0 Å². The number of thiazole rings is 1. The van der Waals surface area contributed by atoms with E-state index in [-0.39, 0.29) is 0 Å². The van der Waals surface area contributed by atoms with Gasteiger partial charge in [0.15, 0.2) is 0 Å². The first-order valence-electron chi connectivity index (χ1n) is 7.32. The van der Waals surface area contributed by atoms with E-state index in [0.717, 1.165) is 35.9 Å². The Balaban J connectivity index is 1.96. The molecular formula is C16H20N4S. The van der Waals surface area contributed by atoms with Crippen molar-refractivity contribution in [1.82, 2.24) is 20.1 Å². The second kappa shape index (κ2) is 5.95. The van der Waals surface area contributed by atoms with Crippen LogP contribution in [0.15, 0.2) is 24.3 Å². The molecule has 0 fully saturated rings. The Kier molecular flexibility index (Phi) is 4.03. The molecule has 1 N–H and O–H groups in total. The maximum Gasteiger partial charge on any atom is 0.211 e.